The second-order valence-electron chi connectivity index (χ2n) is 4.52. The summed E-state index contributed by atoms with van der Waals surface area (Å²) in [6, 6.07) is 2.75. The molecule has 1 aliphatic rings. The monoisotopic (exact) mass is 235 g/mol. The molecular weight excluding hydrogens is 218 g/mol. The van der Waals surface area contributed by atoms with Crippen molar-refractivity contribution in [3.8, 4) is 0 Å². The molecule has 1 aromatic rings. The van der Waals surface area contributed by atoms with Crippen molar-refractivity contribution >= 4 is 5.91 Å². The summed E-state index contributed by atoms with van der Waals surface area (Å²) in [4.78, 5) is 22.5. The van der Waals surface area contributed by atoms with Crippen molar-refractivity contribution in [3.05, 3.63) is 28.2 Å². The van der Waals surface area contributed by atoms with Crippen LogP contribution >= 0.6 is 0 Å². The van der Waals surface area contributed by atoms with Crippen molar-refractivity contribution in [2.75, 3.05) is 6.54 Å². The van der Waals surface area contributed by atoms with Crippen molar-refractivity contribution in [1.82, 2.24) is 15.5 Å². The van der Waals surface area contributed by atoms with Gasteiger partial charge >= 0.3 is 0 Å². The first-order chi connectivity index (χ1) is 8.25. The Morgan fingerprint density at radius 2 is 2.12 bits per heavy atom. The van der Waals surface area contributed by atoms with E-state index in [2.05, 4.69) is 15.5 Å². The third-order valence-electron chi connectivity index (χ3n) is 3.19. The molecule has 2 N–H and O–H groups in total. The molecule has 1 saturated carbocycles. The zero-order chi connectivity index (χ0) is 12.1. The lowest BCUT2D eigenvalue weighted by Crippen LogP contribution is -2.31. The normalized spacial score (nSPS) is 16.7. The fourth-order valence-corrected chi connectivity index (χ4v) is 2.19. The standard InChI is InChI=1S/C12H17N3O2/c16-11-7-6-10(14-15-11)12(17)13-8-9-4-2-1-3-5-9/h6-7,9H,1-5,8H2,(H,13,17)(H,15,16). The first-order valence-corrected chi connectivity index (χ1v) is 6.09. The van der Waals surface area contributed by atoms with Gasteiger partial charge in [0.05, 0.1) is 0 Å². The lowest BCUT2D eigenvalue weighted by Gasteiger charge is -2.21. The number of hydrogen-bond acceptors (Lipinski definition) is 3. The maximum Gasteiger partial charge on any atom is 0.271 e. The van der Waals surface area contributed by atoms with Gasteiger partial charge in [-0.15, -0.1) is 0 Å². The number of hydrogen-bond donors (Lipinski definition) is 2. The third kappa shape index (κ3) is 3.41. The van der Waals surface area contributed by atoms with Crippen LogP contribution in [0.5, 0.6) is 0 Å². The van der Waals surface area contributed by atoms with Gasteiger partial charge in [0.1, 0.15) is 5.69 Å². The van der Waals surface area contributed by atoms with Gasteiger partial charge in [0, 0.05) is 12.6 Å². The smallest absolute Gasteiger partial charge is 0.271 e. The van der Waals surface area contributed by atoms with Gasteiger partial charge in [0.15, 0.2) is 0 Å². The van der Waals surface area contributed by atoms with E-state index in [9.17, 15) is 9.59 Å². The molecule has 1 aromatic heterocycles. The summed E-state index contributed by atoms with van der Waals surface area (Å²) >= 11 is 0. The molecule has 0 saturated heterocycles. The number of carbonyl (C=O) groups is 1. The van der Waals surface area contributed by atoms with Crippen LogP contribution in [-0.2, 0) is 0 Å². The Morgan fingerprint density at radius 1 is 1.35 bits per heavy atom. The average Bonchev–Trinajstić information content (AvgIpc) is 2.38. The molecule has 5 nitrogen and oxygen atoms in total. The van der Waals surface area contributed by atoms with Crippen LogP contribution < -0.4 is 10.9 Å². The van der Waals surface area contributed by atoms with E-state index in [0.29, 0.717) is 12.5 Å². The second kappa shape index (κ2) is 5.61. The molecule has 0 spiro atoms. The minimum absolute atomic E-state index is 0.216. The van der Waals surface area contributed by atoms with Gasteiger partial charge in [0.25, 0.3) is 11.5 Å². The van der Waals surface area contributed by atoms with Crippen LogP contribution in [0, 0.1) is 5.92 Å². The van der Waals surface area contributed by atoms with Gasteiger partial charge in [-0.2, -0.15) is 5.10 Å². The van der Waals surface area contributed by atoms with Crippen LogP contribution in [0.1, 0.15) is 42.6 Å². The van der Waals surface area contributed by atoms with E-state index in [1.807, 2.05) is 0 Å². The summed E-state index contributed by atoms with van der Waals surface area (Å²) in [7, 11) is 0. The maximum absolute atomic E-state index is 11.7. The van der Waals surface area contributed by atoms with E-state index in [0.717, 1.165) is 0 Å². The third-order valence-corrected chi connectivity index (χ3v) is 3.19. The first kappa shape index (κ1) is 11.8. The maximum atomic E-state index is 11.7. The molecule has 1 heterocycles. The molecule has 0 unspecified atom stereocenters. The highest BCUT2D eigenvalue weighted by molar-refractivity contribution is 5.91. The Labute approximate surface area is 99.6 Å². The predicted molar refractivity (Wildman–Crippen MR) is 63.8 cm³/mol. The van der Waals surface area contributed by atoms with Gasteiger partial charge < -0.3 is 5.32 Å². The Hall–Kier alpha value is -1.65. The summed E-state index contributed by atoms with van der Waals surface area (Å²) in [5, 5.41) is 8.81. The van der Waals surface area contributed by atoms with E-state index >= 15 is 0 Å². The Kier molecular flexibility index (Phi) is 3.90. The Morgan fingerprint density at radius 3 is 2.76 bits per heavy atom. The van der Waals surface area contributed by atoms with Crippen molar-refractivity contribution in [3.63, 3.8) is 0 Å². The highest BCUT2D eigenvalue weighted by atomic mass is 16.2. The molecule has 5 heteroatoms. The van der Waals surface area contributed by atoms with Crippen molar-refractivity contribution in [1.29, 1.82) is 0 Å². The molecule has 92 valence electrons. The molecule has 0 radical (unpaired) electrons. The lowest BCUT2D eigenvalue weighted by atomic mass is 9.89. The van der Waals surface area contributed by atoms with E-state index in [1.54, 1.807) is 0 Å². The molecule has 17 heavy (non-hydrogen) atoms. The largest absolute Gasteiger partial charge is 0.350 e. The Bertz CT molecular complexity index is 415. The number of H-pyrrole nitrogens is 1. The molecule has 1 aliphatic carbocycles. The molecular formula is C12H17N3O2. The fraction of sp³-hybridized carbons (Fsp3) is 0.583. The Balaban J connectivity index is 1.84. The van der Waals surface area contributed by atoms with Crippen molar-refractivity contribution in [2.45, 2.75) is 32.1 Å². The van der Waals surface area contributed by atoms with Crippen LogP contribution in [-0.4, -0.2) is 22.6 Å². The zero-order valence-corrected chi connectivity index (χ0v) is 9.74. The molecule has 1 fully saturated rings. The van der Waals surface area contributed by atoms with E-state index < -0.39 is 0 Å². The van der Waals surface area contributed by atoms with Crippen LogP contribution in [0.25, 0.3) is 0 Å². The molecule has 0 bridgehead atoms. The van der Waals surface area contributed by atoms with Crippen molar-refractivity contribution < 1.29 is 4.79 Å². The highest BCUT2D eigenvalue weighted by Crippen LogP contribution is 2.22. The number of carbonyl (C=O) groups excluding carboxylic acids is 1. The van der Waals surface area contributed by atoms with Crippen LogP contribution in [0.2, 0.25) is 0 Å². The van der Waals surface area contributed by atoms with E-state index in [1.165, 1.54) is 44.2 Å². The minimum atomic E-state index is -0.297. The average molecular weight is 235 g/mol. The second-order valence-corrected chi connectivity index (χ2v) is 4.52. The molecule has 1 amide bonds. The number of rotatable bonds is 3. The topological polar surface area (TPSA) is 74.8 Å². The quantitative estimate of drug-likeness (QED) is 0.823. The van der Waals surface area contributed by atoms with Crippen molar-refractivity contribution in [2.24, 2.45) is 5.92 Å². The van der Waals surface area contributed by atoms with Gasteiger partial charge in [-0.25, -0.2) is 5.10 Å². The number of amides is 1. The number of aromatic amines is 1. The summed E-state index contributed by atoms with van der Waals surface area (Å²) in [5.41, 5.74) is -0.0331. The number of aromatic nitrogens is 2. The van der Waals surface area contributed by atoms with Gasteiger partial charge in [-0.1, -0.05) is 19.3 Å². The fourth-order valence-electron chi connectivity index (χ4n) is 2.19. The summed E-state index contributed by atoms with van der Waals surface area (Å²) in [6.45, 7) is 0.708. The summed E-state index contributed by atoms with van der Waals surface area (Å²) < 4.78 is 0. The molecule has 0 aliphatic heterocycles. The van der Waals surface area contributed by atoms with Gasteiger partial charge in [-0.3, -0.25) is 9.59 Å². The van der Waals surface area contributed by atoms with Gasteiger partial charge in [0.2, 0.25) is 0 Å². The van der Waals surface area contributed by atoms with Crippen LogP contribution in [0.3, 0.4) is 0 Å². The number of nitrogens with zero attached hydrogens (tertiary/aromatic N) is 1. The summed E-state index contributed by atoms with van der Waals surface area (Å²) in [6.07, 6.45) is 6.22. The highest BCUT2D eigenvalue weighted by Gasteiger charge is 2.15. The van der Waals surface area contributed by atoms with E-state index in [4.69, 9.17) is 0 Å². The number of nitrogens with one attached hydrogen (secondary N) is 2. The van der Waals surface area contributed by atoms with Crippen LogP contribution in [0.15, 0.2) is 16.9 Å². The minimum Gasteiger partial charge on any atom is -0.350 e. The molecule has 0 aromatic carbocycles. The van der Waals surface area contributed by atoms with Gasteiger partial charge in [-0.05, 0) is 24.8 Å². The van der Waals surface area contributed by atoms with Crippen LogP contribution in [0.4, 0.5) is 0 Å². The first-order valence-electron chi connectivity index (χ1n) is 6.09. The molecule has 0 atom stereocenters. The lowest BCUT2D eigenvalue weighted by molar-refractivity contribution is 0.0937. The van der Waals surface area contributed by atoms with E-state index in [-0.39, 0.29) is 17.2 Å². The zero-order valence-electron chi connectivity index (χ0n) is 9.74. The SMILES string of the molecule is O=C(NCC1CCCCC1)c1ccc(=O)[nH]n1. The predicted octanol–water partition coefficient (Wildman–Crippen LogP) is 1.08. The molecule has 2 rings (SSSR count). The summed E-state index contributed by atoms with van der Waals surface area (Å²) in [5.74, 6) is 0.377.